The van der Waals surface area contributed by atoms with Crippen molar-refractivity contribution in [2.45, 2.75) is 32.2 Å². The second-order valence-electron chi connectivity index (χ2n) is 8.42. The summed E-state index contributed by atoms with van der Waals surface area (Å²) in [5, 5.41) is 0. The first-order valence-electron chi connectivity index (χ1n) is 11.7. The topological polar surface area (TPSA) is 90.0 Å². The summed E-state index contributed by atoms with van der Waals surface area (Å²) in [6.45, 7) is 9.74. The highest BCUT2D eigenvalue weighted by Gasteiger charge is 2.26. The van der Waals surface area contributed by atoms with Crippen LogP contribution >= 0.6 is 0 Å². The maximum atomic E-state index is 13.1. The van der Waals surface area contributed by atoms with Crippen molar-refractivity contribution in [1.29, 1.82) is 0 Å². The number of likely N-dealkylation sites (N-methyl/N-ethyl adjacent to an activating group) is 1. The second-order valence-corrected chi connectivity index (χ2v) is 10.2. The van der Waals surface area contributed by atoms with Gasteiger partial charge in [0.05, 0.1) is 11.4 Å². The quantitative estimate of drug-likeness (QED) is 0.586. The third-order valence-corrected chi connectivity index (χ3v) is 7.71. The van der Waals surface area contributed by atoms with Crippen molar-refractivity contribution in [3.05, 3.63) is 65.2 Å². The molecule has 1 saturated heterocycles. The molecular weight excluding hydrogens is 452 g/mol. The van der Waals surface area contributed by atoms with Gasteiger partial charge >= 0.3 is 0 Å². The molecule has 3 rings (SSSR count). The van der Waals surface area contributed by atoms with E-state index in [0.717, 1.165) is 5.56 Å². The molecular formula is C25H34N4O4S. The molecule has 2 aromatic rings. The number of rotatable bonds is 9. The molecule has 2 amide bonds. The first-order valence-corrected chi connectivity index (χ1v) is 13.2. The van der Waals surface area contributed by atoms with E-state index in [1.165, 1.54) is 6.07 Å². The number of amides is 2. The third kappa shape index (κ3) is 6.43. The van der Waals surface area contributed by atoms with Crippen LogP contribution in [0.1, 0.15) is 35.3 Å². The number of nitrogens with one attached hydrogen (secondary N) is 1. The van der Waals surface area contributed by atoms with Crippen LogP contribution in [0.5, 0.6) is 0 Å². The molecule has 0 bridgehead atoms. The van der Waals surface area contributed by atoms with Crippen LogP contribution in [0.3, 0.4) is 0 Å². The highest BCUT2D eigenvalue weighted by atomic mass is 32.2. The fourth-order valence-electron chi connectivity index (χ4n) is 4.03. The molecule has 1 N–H and O–H groups in total. The lowest BCUT2D eigenvalue weighted by molar-refractivity contribution is -0.132. The van der Waals surface area contributed by atoms with Crippen LogP contribution in [0, 0.1) is 6.92 Å². The Hall–Kier alpha value is -2.75. The van der Waals surface area contributed by atoms with E-state index in [0.29, 0.717) is 56.9 Å². The molecule has 0 atom stereocenters. The molecule has 34 heavy (non-hydrogen) atoms. The predicted molar refractivity (Wildman–Crippen MR) is 132 cm³/mol. The number of carbonyl (C=O) groups excluding carboxylic acids is 2. The first kappa shape index (κ1) is 25.9. The summed E-state index contributed by atoms with van der Waals surface area (Å²) in [5.74, 6) is -0.101. The second kappa shape index (κ2) is 11.6. The number of nitrogens with zero attached hydrogens (tertiary/aromatic N) is 3. The molecule has 0 saturated carbocycles. The molecule has 184 valence electrons. The van der Waals surface area contributed by atoms with Gasteiger partial charge in [-0.1, -0.05) is 36.4 Å². The van der Waals surface area contributed by atoms with E-state index >= 15 is 0 Å². The average Bonchev–Trinajstić information content (AvgIpc) is 2.84. The Balaban J connectivity index is 1.64. The lowest BCUT2D eigenvalue weighted by atomic mass is 10.1. The van der Waals surface area contributed by atoms with Gasteiger partial charge in [0.25, 0.3) is 5.91 Å². The zero-order valence-electron chi connectivity index (χ0n) is 20.2. The summed E-state index contributed by atoms with van der Waals surface area (Å²) in [7, 11) is -3.78. The number of aryl methyl sites for hydroxylation is 1. The van der Waals surface area contributed by atoms with E-state index in [4.69, 9.17) is 0 Å². The van der Waals surface area contributed by atoms with Gasteiger partial charge in [0, 0.05) is 51.4 Å². The molecule has 0 aliphatic carbocycles. The number of carbonyl (C=O) groups is 2. The van der Waals surface area contributed by atoms with Gasteiger partial charge in [-0.05, 0) is 44.0 Å². The van der Waals surface area contributed by atoms with Gasteiger partial charge in [0.1, 0.15) is 0 Å². The molecule has 0 spiro atoms. The van der Waals surface area contributed by atoms with E-state index in [1.54, 1.807) is 28.9 Å². The molecule has 0 radical (unpaired) electrons. The standard InChI is InChI=1S/C25H34N4O4S/c1-4-28(5-2)24(30)19-27-13-15-29(16-14-27)25(31)22-12-11-20(3)23(17-22)34(32,33)26-18-21-9-7-6-8-10-21/h6-12,17,26H,4-5,13-16,18-19H2,1-3H3. The van der Waals surface area contributed by atoms with Crippen molar-refractivity contribution < 1.29 is 18.0 Å². The Morgan fingerprint density at radius 1 is 0.971 bits per heavy atom. The van der Waals surface area contributed by atoms with Gasteiger partial charge in [0.2, 0.25) is 15.9 Å². The number of hydrogen-bond acceptors (Lipinski definition) is 5. The Labute approximate surface area is 202 Å². The van der Waals surface area contributed by atoms with Crippen LogP contribution in [0.2, 0.25) is 0 Å². The molecule has 0 unspecified atom stereocenters. The van der Waals surface area contributed by atoms with Crippen LogP contribution in [0.25, 0.3) is 0 Å². The van der Waals surface area contributed by atoms with E-state index in [2.05, 4.69) is 9.62 Å². The fourth-order valence-corrected chi connectivity index (χ4v) is 5.32. The molecule has 9 heteroatoms. The Morgan fingerprint density at radius 3 is 2.24 bits per heavy atom. The van der Waals surface area contributed by atoms with Gasteiger partial charge in [-0.3, -0.25) is 14.5 Å². The SMILES string of the molecule is CCN(CC)C(=O)CN1CCN(C(=O)c2ccc(C)c(S(=O)(=O)NCc3ccccc3)c2)CC1. The molecule has 8 nitrogen and oxygen atoms in total. The highest BCUT2D eigenvalue weighted by Crippen LogP contribution is 2.19. The molecule has 0 aromatic heterocycles. The van der Waals surface area contributed by atoms with Gasteiger partial charge in [-0.25, -0.2) is 13.1 Å². The minimum atomic E-state index is -3.78. The van der Waals surface area contributed by atoms with Crippen molar-refractivity contribution in [3.63, 3.8) is 0 Å². The minimum Gasteiger partial charge on any atom is -0.342 e. The maximum absolute atomic E-state index is 13.1. The minimum absolute atomic E-state index is 0.0983. The van der Waals surface area contributed by atoms with E-state index in [-0.39, 0.29) is 23.3 Å². The average molecular weight is 487 g/mol. The molecule has 2 aromatic carbocycles. The predicted octanol–water partition coefficient (Wildman–Crippen LogP) is 2.10. The Kier molecular flexibility index (Phi) is 8.82. The fraction of sp³-hybridized carbons (Fsp3) is 0.440. The molecule has 1 fully saturated rings. The zero-order valence-corrected chi connectivity index (χ0v) is 21.0. The summed E-state index contributed by atoms with van der Waals surface area (Å²) in [5.41, 5.74) is 1.78. The monoisotopic (exact) mass is 486 g/mol. The normalized spacial score (nSPS) is 14.7. The van der Waals surface area contributed by atoms with Crippen molar-refractivity contribution in [2.75, 3.05) is 45.8 Å². The smallest absolute Gasteiger partial charge is 0.253 e. The molecule has 1 heterocycles. The van der Waals surface area contributed by atoms with Crippen LogP contribution in [-0.2, 0) is 21.4 Å². The third-order valence-electron chi connectivity index (χ3n) is 6.17. The van der Waals surface area contributed by atoms with Crippen molar-refractivity contribution in [2.24, 2.45) is 0 Å². The number of sulfonamides is 1. The van der Waals surface area contributed by atoms with Crippen LogP contribution in [0.4, 0.5) is 0 Å². The number of hydrogen-bond donors (Lipinski definition) is 1. The summed E-state index contributed by atoms with van der Waals surface area (Å²) < 4.78 is 28.5. The van der Waals surface area contributed by atoms with Crippen LogP contribution in [0.15, 0.2) is 53.4 Å². The van der Waals surface area contributed by atoms with Gasteiger partial charge in [0.15, 0.2) is 0 Å². The summed E-state index contributed by atoms with van der Waals surface area (Å²) >= 11 is 0. The van der Waals surface area contributed by atoms with E-state index in [9.17, 15) is 18.0 Å². The van der Waals surface area contributed by atoms with Gasteiger partial charge < -0.3 is 9.80 Å². The first-order chi connectivity index (χ1) is 16.2. The maximum Gasteiger partial charge on any atom is 0.253 e. The van der Waals surface area contributed by atoms with Crippen molar-refractivity contribution in [3.8, 4) is 0 Å². The van der Waals surface area contributed by atoms with Gasteiger partial charge in [-0.15, -0.1) is 0 Å². The van der Waals surface area contributed by atoms with Crippen LogP contribution < -0.4 is 4.72 Å². The largest absolute Gasteiger partial charge is 0.342 e. The summed E-state index contributed by atoms with van der Waals surface area (Å²) in [6, 6.07) is 14.1. The lowest BCUT2D eigenvalue weighted by Crippen LogP contribution is -2.51. The number of piperazine rings is 1. The zero-order chi connectivity index (χ0) is 24.7. The highest BCUT2D eigenvalue weighted by molar-refractivity contribution is 7.89. The summed E-state index contributed by atoms with van der Waals surface area (Å²) in [6.07, 6.45) is 0. The number of benzene rings is 2. The molecule has 1 aliphatic heterocycles. The Bertz CT molecular complexity index is 1090. The van der Waals surface area contributed by atoms with Crippen LogP contribution in [-0.4, -0.2) is 80.7 Å². The summed E-state index contributed by atoms with van der Waals surface area (Å²) in [4.78, 5) is 31.2. The lowest BCUT2D eigenvalue weighted by Gasteiger charge is -2.35. The van der Waals surface area contributed by atoms with Gasteiger partial charge in [-0.2, -0.15) is 0 Å². The van der Waals surface area contributed by atoms with E-state index < -0.39 is 10.0 Å². The molecule has 1 aliphatic rings. The Morgan fingerprint density at radius 2 is 1.62 bits per heavy atom. The van der Waals surface area contributed by atoms with E-state index in [1.807, 2.05) is 44.2 Å². The van der Waals surface area contributed by atoms with Crippen molar-refractivity contribution in [1.82, 2.24) is 19.4 Å². The van der Waals surface area contributed by atoms with Crippen molar-refractivity contribution >= 4 is 21.8 Å².